The number of carbonyl (C=O) groups is 2. The summed E-state index contributed by atoms with van der Waals surface area (Å²) in [5.41, 5.74) is 6.44. The maximum absolute atomic E-state index is 12.5. The highest BCUT2D eigenvalue weighted by Gasteiger charge is 2.18. The molecule has 4 nitrogen and oxygen atoms in total. The Morgan fingerprint density at radius 2 is 1.95 bits per heavy atom. The Labute approximate surface area is 121 Å². The SMILES string of the molecule is CCc1cc(C(=O)c2ccccc2)c(NC(=O)CN)s1. The van der Waals surface area contributed by atoms with E-state index in [0.717, 1.165) is 11.3 Å². The van der Waals surface area contributed by atoms with Gasteiger partial charge in [0.25, 0.3) is 0 Å². The molecule has 0 saturated heterocycles. The smallest absolute Gasteiger partial charge is 0.238 e. The molecule has 1 aromatic heterocycles. The van der Waals surface area contributed by atoms with Crippen molar-refractivity contribution >= 4 is 28.0 Å². The van der Waals surface area contributed by atoms with Gasteiger partial charge in [-0.1, -0.05) is 37.3 Å². The highest BCUT2D eigenvalue weighted by atomic mass is 32.1. The molecule has 2 aromatic rings. The summed E-state index contributed by atoms with van der Waals surface area (Å²) in [6.45, 7) is 1.91. The average molecular weight is 288 g/mol. The predicted octanol–water partition coefficient (Wildman–Crippen LogP) is 2.44. The Morgan fingerprint density at radius 1 is 1.25 bits per heavy atom. The van der Waals surface area contributed by atoms with E-state index < -0.39 is 0 Å². The normalized spacial score (nSPS) is 10.3. The van der Waals surface area contributed by atoms with Gasteiger partial charge in [-0.3, -0.25) is 9.59 Å². The first-order valence-corrected chi connectivity index (χ1v) is 7.19. The van der Waals surface area contributed by atoms with Gasteiger partial charge in [-0.25, -0.2) is 0 Å². The first kappa shape index (κ1) is 14.4. The van der Waals surface area contributed by atoms with Crippen molar-refractivity contribution in [3.63, 3.8) is 0 Å². The Hall–Kier alpha value is -1.98. The number of anilines is 1. The molecule has 1 amide bonds. The maximum atomic E-state index is 12.5. The molecule has 104 valence electrons. The van der Waals surface area contributed by atoms with Crippen LogP contribution in [0, 0.1) is 0 Å². The minimum atomic E-state index is -0.295. The van der Waals surface area contributed by atoms with Crippen LogP contribution in [0.2, 0.25) is 0 Å². The van der Waals surface area contributed by atoms with Crippen LogP contribution in [0.15, 0.2) is 36.4 Å². The van der Waals surface area contributed by atoms with Crippen molar-refractivity contribution in [1.29, 1.82) is 0 Å². The van der Waals surface area contributed by atoms with Crippen LogP contribution >= 0.6 is 11.3 Å². The monoisotopic (exact) mass is 288 g/mol. The Kier molecular flexibility index (Phi) is 4.65. The fourth-order valence-electron chi connectivity index (χ4n) is 1.80. The zero-order valence-electron chi connectivity index (χ0n) is 11.2. The second-order valence-corrected chi connectivity index (χ2v) is 5.39. The van der Waals surface area contributed by atoms with Crippen LogP contribution in [0.1, 0.15) is 27.7 Å². The molecule has 20 heavy (non-hydrogen) atoms. The Morgan fingerprint density at radius 3 is 2.55 bits per heavy atom. The van der Waals surface area contributed by atoms with Crippen molar-refractivity contribution in [2.24, 2.45) is 5.73 Å². The second-order valence-electron chi connectivity index (χ2n) is 4.26. The van der Waals surface area contributed by atoms with Gasteiger partial charge in [0.05, 0.1) is 12.1 Å². The first-order valence-electron chi connectivity index (χ1n) is 6.38. The Balaban J connectivity index is 2.37. The summed E-state index contributed by atoms with van der Waals surface area (Å²) in [7, 11) is 0. The quantitative estimate of drug-likeness (QED) is 0.830. The molecule has 0 aliphatic heterocycles. The number of hydrogen-bond acceptors (Lipinski definition) is 4. The number of hydrogen-bond donors (Lipinski definition) is 2. The lowest BCUT2D eigenvalue weighted by Gasteiger charge is -2.04. The number of rotatable bonds is 5. The van der Waals surface area contributed by atoms with E-state index in [9.17, 15) is 9.59 Å². The third-order valence-electron chi connectivity index (χ3n) is 2.85. The van der Waals surface area contributed by atoms with Crippen LogP contribution in [0.3, 0.4) is 0 Å². The number of nitrogens with one attached hydrogen (secondary N) is 1. The van der Waals surface area contributed by atoms with E-state index in [1.807, 2.05) is 31.2 Å². The maximum Gasteiger partial charge on any atom is 0.238 e. The third-order valence-corrected chi connectivity index (χ3v) is 4.05. The molecule has 0 radical (unpaired) electrons. The first-order chi connectivity index (χ1) is 9.65. The molecule has 0 atom stereocenters. The fourth-order valence-corrected chi connectivity index (χ4v) is 2.81. The fraction of sp³-hybridized carbons (Fsp3) is 0.200. The van der Waals surface area contributed by atoms with Crippen LogP contribution in [-0.2, 0) is 11.2 Å². The zero-order chi connectivity index (χ0) is 14.5. The number of ketones is 1. The van der Waals surface area contributed by atoms with Crippen molar-refractivity contribution in [1.82, 2.24) is 0 Å². The third kappa shape index (κ3) is 3.12. The van der Waals surface area contributed by atoms with Crippen molar-refractivity contribution < 1.29 is 9.59 Å². The van der Waals surface area contributed by atoms with Gasteiger partial charge in [0, 0.05) is 10.4 Å². The summed E-state index contributed by atoms with van der Waals surface area (Å²) in [4.78, 5) is 25.0. The van der Waals surface area contributed by atoms with Gasteiger partial charge in [0.2, 0.25) is 5.91 Å². The summed E-state index contributed by atoms with van der Waals surface area (Å²) in [6, 6.07) is 10.9. The largest absolute Gasteiger partial charge is 0.322 e. The van der Waals surface area contributed by atoms with Crippen LogP contribution in [0.25, 0.3) is 0 Å². The lowest BCUT2D eigenvalue weighted by atomic mass is 10.1. The molecule has 0 fully saturated rings. The van der Waals surface area contributed by atoms with Gasteiger partial charge in [-0.05, 0) is 12.5 Å². The van der Waals surface area contributed by atoms with E-state index in [0.29, 0.717) is 16.1 Å². The number of nitrogens with two attached hydrogens (primary N) is 1. The Bertz CT molecular complexity index is 620. The van der Waals surface area contributed by atoms with Crippen molar-refractivity contribution in [2.45, 2.75) is 13.3 Å². The van der Waals surface area contributed by atoms with Crippen molar-refractivity contribution in [2.75, 3.05) is 11.9 Å². The van der Waals surface area contributed by atoms with E-state index in [1.165, 1.54) is 11.3 Å². The lowest BCUT2D eigenvalue weighted by molar-refractivity contribution is -0.114. The van der Waals surface area contributed by atoms with Gasteiger partial charge < -0.3 is 11.1 Å². The molecule has 1 heterocycles. The van der Waals surface area contributed by atoms with E-state index in [2.05, 4.69) is 5.32 Å². The minimum absolute atomic E-state index is 0.0890. The highest BCUT2D eigenvalue weighted by Crippen LogP contribution is 2.30. The molecule has 5 heteroatoms. The summed E-state index contributed by atoms with van der Waals surface area (Å²) in [5.74, 6) is -0.384. The van der Waals surface area contributed by atoms with Gasteiger partial charge in [0.1, 0.15) is 5.00 Å². The topological polar surface area (TPSA) is 72.2 Å². The molecular formula is C15H16N2O2S. The number of benzene rings is 1. The van der Waals surface area contributed by atoms with E-state index >= 15 is 0 Å². The molecule has 0 aliphatic rings. The number of carbonyl (C=O) groups excluding carboxylic acids is 2. The molecule has 2 rings (SSSR count). The molecule has 1 aromatic carbocycles. The average Bonchev–Trinajstić information content (AvgIpc) is 2.90. The van der Waals surface area contributed by atoms with Crippen molar-refractivity contribution in [3.8, 4) is 0 Å². The van der Waals surface area contributed by atoms with Crippen LogP contribution in [0.4, 0.5) is 5.00 Å². The summed E-state index contributed by atoms with van der Waals surface area (Å²) in [6.07, 6.45) is 0.818. The molecular weight excluding hydrogens is 272 g/mol. The minimum Gasteiger partial charge on any atom is -0.322 e. The van der Waals surface area contributed by atoms with Crippen molar-refractivity contribution in [3.05, 3.63) is 52.4 Å². The van der Waals surface area contributed by atoms with Gasteiger partial charge >= 0.3 is 0 Å². The van der Waals surface area contributed by atoms with Gasteiger partial charge in [-0.2, -0.15) is 0 Å². The number of aryl methyl sites for hydroxylation is 1. The summed E-state index contributed by atoms with van der Waals surface area (Å²) < 4.78 is 0. The van der Waals surface area contributed by atoms with E-state index in [4.69, 9.17) is 5.73 Å². The molecule has 0 unspecified atom stereocenters. The molecule has 0 aliphatic carbocycles. The standard InChI is InChI=1S/C15H16N2O2S/c1-2-11-8-12(15(20-11)17-13(18)9-16)14(19)10-6-4-3-5-7-10/h3-8H,2,9,16H2,1H3,(H,17,18). The van der Waals surface area contributed by atoms with E-state index in [1.54, 1.807) is 12.1 Å². The lowest BCUT2D eigenvalue weighted by Crippen LogP contribution is -2.22. The van der Waals surface area contributed by atoms with Gasteiger partial charge in [0.15, 0.2) is 5.78 Å². The molecule has 0 spiro atoms. The highest BCUT2D eigenvalue weighted by molar-refractivity contribution is 7.16. The van der Waals surface area contributed by atoms with Crippen LogP contribution in [-0.4, -0.2) is 18.2 Å². The molecule has 3 N–H and O–H groups in total. The number of amides is 1. The molecule has 0 bridgehead atoms. The number of thiophene rings is 1. The van der Waals surface area contributed by atoms with Crippen LogP contribution in [0.5, 0.6) is 0 Å². The predicted molar refractivity (Wildman–Crippen MR) is 81.3 cm³/mol. The van der Waals surface area contributed by atoms with Crippen LogP contribution < -0.4 is 11.1 Å². The second kappa shape index (κ2) is 6.45. The summed E-state index contributed by atoms with van der Waals surface area (Å²) >= 11 is 1.42. The molecule has 0 saturated carbocycles. The van der Waals surface area contributed by atoms with Gasteiger partial charge in [-0.15, -0.1) is 11.3 Å². The van der Waals surface area contributed by atoms with E-state index in [-0.39, 0.29) is 18.2 Å². The zero-order valence-corrected chi connectivity index (χ0v) is 12.0. The summed E-state index contributed by atoms with van der Waals surface area (Å²) in [5, 5.41) is 3.27.